The fourth-order valence-electron chi connectivity index (χ4n) is 4.71. The van der Waals surface area contributed by atoms with Crippen LogP contribution in [0.25, 0.3) is 0 Å². The van der Waals surface area contributed by atoms with Crippen LogP contribution in [0.1, 0.15) is 51.9 Å². The van der Waals surface area contributed by atoms with Crippen molar-refractivity contribution >= 4 is 29.2 Å². The summed E-state index contributed by atoms with van der Waals surface area (Å²) in [4.78, 5) is 42.7. The van der Waals surface area contributed by atoms with Crippen LogP contribution in [0.5, 0.6) is 11.5 Å². The highest BCUT2D eigenvalue weighted by molar-refractivity contribution is 6.22. The van der Waals surface area contributed by atoms with Crippen molar-refractivity contribution in [2.45, 2.75) is 57.9 Å². The molecule has 4 amide bonds. The van der Waals surface area contributed by atoms with Gasteiger partial charge in [-0.15, -0.1) is 0 Å². The maximum absolute atomic E-state index is 13.5. The summed E-state index contributed by atoms with van der Waals surface area (Å²) in [6, 6.07) is 12.7. The Morgan fingerprint density at radius 2 is 1.89 bits per heavy atom. The quantitative estimate of drug-likeness (QED) is 0.320. The van der Waals surface area contributed by atoms with E-state index in [1.54, 1.807) is 53.4 Å². The zero-order valence-electron chi connectivity index (χ0n) is 21.6. The van der Waals surface area contributed by atoms with Gasteiger partial charge in [-0.1, -0.05) is 24.6 Å². The predicted molar refractivity (Wildman–Crippen MR) is 143 cm³/mol. The van der Waals surface area contributed by atoms with Crippen LogP contribution < -0.4 is 19.7 Å². The zero-order valence-corrected chi connectivity index (χ0v) is 21.6. The number of anilines is 2. The average molecular weight is 506 g/mol. The third-order valence-corrected chi connectivity index (χ3v) is 6.68. The molecule has 1 unspecified atom stereocenters. The first-order valence-electron chi connectivity index (χ1n) is 13.0. The summed E-state index contributed by atoms with van der Waals surface area (Å²) in [6.07, 6.45) is 8.10. The van der Waals surface area contributed by atoms with Gasteiger partial charge in [0.2, 0.25) is 5.91 Å². The van der Waals surface area contributed by atoms with Crippen LogP contribution in [0.3, 0.4) is 0 Å². The summed E-state index contributed by atoms with van der Waals surface area (Å²) in [5, 5.41) is 2.85. The van der Waals surface area contributed by atoms with Crippen molar-refractivity contribution < 1.29 is 23.9 Å². The maximum atomic E-state index is 13.5. The molecule has 2 aromatic carbocycles. The number of nitrogens with one attached hydrogen (secondary N) is 1. The summed E-state index contributed by atoms with van der Waals surface area (Å²) < 4.78 is 10.9. The molecule has 1 heterocycles. The van der Waals surface area contributed by atoms with Gasteiger partial charge in [-0.2, -0.15) is 0 Å². The minimum absolute atomic E-state index is 0.127. The van der Waals surface area contributed by atoms with Gasteiger partial charge in [0.1, 0.15) is 17.5 Å². The number of ether oxygens (including phenoxy) is 2. The number of allylic oxidation sites excluding steroid dienone is 1. The van der Waals surface area contributed by atoms with Crippen LogP contribution in [0.4, 0.5) is 16.2 Å². The second kappa shape index (κ2) is 12.4. The molecule has 0 bridgehead atoms. The monoisotopic (exact) mass is 505 g/mol. The summed E-state index contributed by atoms with van der Waals surface area (Å²) in [5.41, 5.74) is 2.34. The highest BCUT2D eigenvalue weighted by Gasteiger charge is 2.46. The average Bonchev–Trinajstić information content (AvgIpc) is 3.15. The van der Waals surface area contributed by atoms with Crippen molar-refractivity contribution in [3.8, 4) is 11.5 Å². The molecule has 1 fully saturated rings. The molecule has 1 atom stereocenters. The Kier molecular flexibility index (Phi) is 8.82. The molecule has 37 heavy (non-hydrogen) atoms. The number of rotatable bonds is 11. The molecule has 0 spiro atoms. The fourth-order valence-corrected chi connectivity index (χ4v) is 4.71. The molecular formula is C29H35N3O5. The third kappa shape index (κ3) is 6.50. The lowest BCUT2D eigenvalue weighted by Crippen LogP contribution is -2.38. The Bertz CT molecular complexity index is 1140. The number of benzene rings is 2. The molecule has 0 saturated carbocycles. The van der Waals surface area contributed by atoms with E-state index in [-0.39, 0.29) is 12.3 Å². The van der Waals surface area contributed by atoms with Gasteiger partial charge in [0.05, 0.1) is 25.8 Å². The molecular weight excluding hydrogens is 470 g/mol. The van der Waals surface area contributed by atoms with Crippen molar-refractivity contribution in [1.29, 1.82) is 0 Å². The van der Waals surface area contributed by atoms with Crippen LogP contribution in [-0.2, 0) is 9.59 Å². The molecule has 1 aliphatic carbocycles. The Hall–Kier alpha value is -3.81. The van der Waals surface area contributed by atoms with E-state index in [2.05, 4.69) is 11.4 Å². The normalized spacial score (nSPS) is 17.6. The van der Waals surface area contributed by atoms with Gasteiger partial charge < -0.3 is 19.7 Å². The van der Waals surface area contributed by atoms with Crippen molar-refractivity contribution in [1.82, 2.24) is 4.90 Å². The van der Waals surface area contributed by atoms with Gasteiger partial charge in [-0.25, -0.2) is 9.69 Å². The van der Waals surface area contributed by atoms with Crippen LogP contribution in [0, 0.1) is 0 Å². The van der Waals surface area contributed by atoms with Crippen LogP contribution in [0.15, 0.2) is 60.2 Å². The van der Waals surface area contributed by atoms with E-state index in [0.717, 1.165) is 36.3 Å². The number of carbonyl (C=O) groups excluding carboxylic acids is 3. The molecule has 8 heteroatoms. The molecule has 196 valence electrons. The van der Waals surface area contributed by atoms with Crippen LogP contribution in [-0.4, -0.2) is 49.0 Å². The van der Waals surface area contributed by atoms with E-state index < -0.39 is 18.0 Å². The third-order valence-electron chi connectivity index (χ3n) is 6.68. The van der Waals surface area contributed by atoms with E-state index >= 15 is 0 Å². The van der Waals surface area contributed by atoms with Gasteiger partial charge in [0, 0.05) is 18.3 Å². The molecule has 2 aliphatic rings. The van der Waals surface area contributed by atoms with Crippen molar-refractivity contribution in [3.05, 3.63) is 60.2 Å². The number of hydrogen-bond donors (Lipinski definition) is 1. The summed E-state index contributed by atoms with van der Waals surface area (Å²) in [5.74, 6) is 0.537. The Balaban J connectivity index is 1.50. The van der Waals surface area contributed by atoms with Crippen molar-refractivity contribution in [3.63, 3.8) is 0 Å². The first kappa shape index (κ1) is 26.3. The second-order valence-electron chi connectivity index (χ2n) is 9.35. The van der Waals surface area contributed by atoms with Crippen molar-refractivity contribution in [2.75, 3.05) is 30.5 Å². The first-order valence-corrected chi connectivity index (χ1v) is 13.0. The van der Waals surface area contributed by atoms with Gasteiger partial charge in [0.25, 0.3) is 5.91 Å². The lowest BCUT2D eigenvalue weighted by Gasteiger charge is -2.23. The SMILES string of the molecule is CCCOc1ccc(NC(=O)CC2C(=O)N(c3cccc(OC)c3)C(=O)N2CCC2=CCCCC2)cc1. The number of methoxy groups -OCH3 is 1. The summed E-state index contributed by atoms with van der Waals surface area (Å²) in [6.45, 7) is 3.05. The van der Waals surface area contributed by atoms with Crippen LogP contribution in [0.2, 0.25) is 0 Å². The van der Waals surface area contributed by atoms with Gasteiger partial charge >= 0.3 is 6.03 Å². The molecule has 1 aliphatic heterocycles. The van der Waals surface area contributed by atoms with E-state index in [0.29, 0.717) is 36.7 Å². The molecule has 0 aromatic heterocycles. The minimum Gasteiger partial charge on any atom is -0.497 e. The number of nitrogens with zero attached hydrogens (tertiary/aromatic N) is 2. The van der Waals surface area contributed by atoms with Crippen molar-refractivity contribution in [2.24, 2.45) is 0 Å². The van der Waals surface area contributed by atoms with Crippen LogP contribution >= 0.6 is 0 Å². The van der Waals surface area contributed by atoms with Gasteiger partial charge in [-0.3, -0.25) is 9.59 Å². The fraction of sp³-hybridized carbons (Fsp3) is 0.414. The standard InChI is InChI=1S/C29H35N3O5/c1-3-18-37-24-14-12-22(13-15-24)30-27(33)20-26-28(34)32(23-10-7-11-25(19-23)36-2)29(35)31(26)17-16-21-8-5-4-6-9-21/h7-8,10-15,19,26H,3-6,9,16-18,20H2,1-2H3,(H,30,33). The second-order valence-corrected chi connectivity index (χ2v) is 9.35. The maximum Gasteiger partial charge on any atom is 0.332 e. The lowest BCUT2D eigenvalue weighted by atomic mass is 9.97. The largest absolute Gasteiger partial charge is 0.497 e. The van der Waals surface area contributed by atoms with E-state index in [4.69, 9.17) is 9.47 Å². The summed E-state index contributed by atoms with van der Waals surface area (Å²) >= 11 is 0. The topological polar surface area (TPSA) is 88.2 Å². The summed E-state index contributed by atoms with van der Waals surface area (Å²) in [7, 11) is 1.53. The Morgan fingerprint density at radius 1 is 1.08 bits per heavy atom. The molecule has 8 nitrogen and oxygen atoms in total. The number of urea groups is 1. The Labute approximate surface area is 218 Å². The van der Waals surface area contributed by atoms with Gasteiger partial charge in [0.15, 0.2) is 0 Å². The van der Waals surface area contributed by atoms with E-state index in [1.165, 1.54) is 19.1 Å². The highest BCUT2D eigenvalue weighted by atomic mass is 16.5. The Morgan fingerprint density at radius 3 is 2.59 bits per heavy atom. The number of imide groups is 1. The molecule has 2 aromatic rings. The highest BCUT2D eigenvalue weighted by Crippen LogP contribution is 2.31. The first-order chi connectivity index (χ1) is 18.0. The zero-order chi connectivity index (χ0) is 26.2. The predicted octanol–water partition coefficient (Wildman–Crippen LogP) is 5.54. The van der Waals surface area contributed by atoms with Gasteiger partial charge in [-0.05, 0) is 74.9 Å². The van der Waals surface area contributed by atoms with E-state index in [9.17, 15) is 14.4 Å². The molecule has 4 rings (SSSR count). The molecule has 1 saturated heterocycles. The minimum atomic E-state index is -0.880. The lowest BCUT2D eigenvalue weighted by molar-refractivity contribution is -0.124. The smallest absolute Gasteiger partial charge is 0.332 e. The van der Waals surface area contributed by atoms with E-state index in [1.807, 2.05) is 6.92 Å². The number of hydrogen-bond acceptors (Lipinski definition) is 5. The number of amides is 4. The molecule has 0 radical (unpaired) electrons. The molecule has 1 N–H and O–H groups in total. The number of carbonyl (C=O) groups is 3.